The number of unbranched alkanes of at least 4 members (excludes halogenated alkanes) is 3. The van der Waals surface area contributed by atoms with Gasteiger partial charge in [-0.1, -0.05) is 72.5 Å². The van der Waals surface area contributed by atoms with E-state index in [9.17, 15) is 9.59 Å². The Hall–Kier alpha value is -3.80. The molecule has 2 aromatic carbocycles. The summed E-state index contributed by atoms with van der Waals surface area (Å²) in [5.41, 5.74) is 7.63. The first-order valence-electron chi connectivity index (χ1n) is 11.7. The minimum atomic E-state index is -0.754. The number of carboxylic acid groups (broad SMARTS) is 1. The van der Waals surface area contributed by atoms with E-state index < -0.39 is 5.97 Å². The zero-order chi connectivity index (χ0) is 24.1. The molecule has 0 saturated carbocycles. The Morgan fingerprint density at radius 1 is 0.853 bits per heavy atom. The lowest BCUT2D eigenvalue weighted by atomic mass is 10.0. The number of hydrogen-bond acceptors (Lipinski definition) is 4. The van der Waals surface area contributed by atoms with Crippen molar-refractivity contribution in [2.24, 2.45) is 0 Å². The summed E-state index contributed by atoms with van der Waals surface area (Å²) in [6.07, 6.45) is 6.21. The van der Waals surface area contributed by atoms with Crippen LogP contribution in [0.25, 0.3) is 33.7 Å². The largest absolute Gasteiger partial charge is 0.481 e. The van der Waals surface area contributed by atoms with Gasteiger partial charge in [-0.2, -0.15) is 0 Å². The quantitative estimate of drug-likeness (QED) is 0.226. The number of rotatable bonds is 10. The summed E-state index contributed by atoms with van der Waals surface area (Å²) in [5, 5.41) is 8.80. The zero-order valence-electron chi connectivity index (χ0n) is 19.6. The first-order chi connectivity index (χ1) is 16.5. The van der Waals surface area contributed by atoms with Crippen LogP contribution in [0.1, 0.15) is 53.6 Å². The molecule has 0 atom stereocenters. The molecule has 4 rings (SSSR count). The van der Waals surface area contributed by atoms with E-state index in [-0.39, 0.29) is 6.42 Å². The van der Waals surface area contributed by atoms with E-state index in [1.54, 1.807) is 0 Å². The number of fused-ring (bicyclic) bond motifs is 1. The summed E-state index contributed by atoms with van der Waals surface area (Å²) >= 11 is 0. The third-order valence-corrected chi connectivity index (χ3v) is 6.03. The Morgan fingerprint density at radius 2 is 1.41 bits per heavy atom. The monoisotopic (exact) mass is 455 g/mol. The van der Waals surface area contributed by atoms with Crippen LogP contribution >= 0.6 is 0 Å². The number of aliphatic carboxylic acids is 1. The van der Waals surface area contributed by atoms with E-state index in [0.717, 1.165) is 53.6 Å². The van der Waals surface area contributed by atoms with Gasteiger partial charge in [-0.15, -0.1) is 0 Å². The van der Waals surface area contributed by atoms with Gasteiger partial charge in [0.2, 0.25) is 0 Å². The molecule has 0 aliphatic carbocycles. The van der Waals surface area contributed by atoms with Crippen LogP contribution in [-0.4, -0.2) is 31.9 Å². The third-order valence-electron chi connectivity index (χ3n) is 6.03. The molecule has 4 aromatic rings. The lowest BCUT2D eigenvalue weighted by Crippen LogP contribution is -2.01. The Bertz CT molecular complexity index is 1310. The van der Waals surface area contributed by atoms with Gasteiger partial charge in [0.1, 0.15) is 5.52 Å². The van der Waals surface area contributed by atoms with Crippen molar-refractivity contribution >= 4 is 23.4 Å². The van der Waals surface area contributed by atoms with E-state index >= 15 is 0 Å². The highest BCUT2D eigenvalue weighted by molar-refractivity contribution is 5.96. The summed E-state index contributed by atoms with van der Waals surface area (Å²) in [6, 6.07) is 16.4. The summed E-state index contributed by atoms with van der Waals surface area (Å²) in [5.74, 6) is -0.754. The fourth-order valence-electron chi connectivity index (χ4n) is 4.10. The lowest BCUT2D eigenvalue weighted by molar-refractivity contribution is -0.137. The Labute approximate surface area is 199 Å². The van der Waals surface area contributed by atoms with Crippen LogP contribution < -0.4 is 0 Å². The highest BCUT2D eigenvalue weighted by atomic mass is 16.4. The van der Waals surface area contributed by atoms with Gasteiger partial charge < -0.3 is 9.67 Å². The summed E-state index contributed by atoms with van der Waals surface area (Å²) < 4.78 is 2.00. The van der Waals surface area contributed by atoms with Crippen molar-refractivity contribution < 1.29 is 14.7 Å². The maximum Gasteiger partial charge on any atom is 0.303 e. The van der Waals surface area contributed by atoms with Gasteiger partial charge in [0.15, 0.2) is 11.9 Å². The average molecular weight is 456 g/mol. The molecule has 0 fully saturated rings. The Kier molecular flexibility index (Phi) is 7.16. The van der Waals surface area contributed by atoms with E-state index in [2.05, 4.69) is 43.3 Å². The van der Waals surface area contributed by atoms with E-state index in [0.29, 0.717) is 29.7 Å². The number of aryl methyl sites for hydroxylation is 3. The first kappa shape index (κ1) is 23.4. The molecule has 0 unspecified atom stereocenters. The van der Waals surface area contributed by atoms with Crippen molar-refractivity contribution in [1.29, 1.82) is 0 Å². The molecule has 6 nitrogen and oxygen atoms in total. The minimum Gasteiger partial charge on any atom is -0.481 e. The molecule has 0 bridgehead atoms. The predicted octanol–water partition coefficient (Wildman–Crippen LogP) is 6.23. The average Bonchev–Trinajstić information content (AvgIpc) is 3.18. The van der Waals surface area contributed by atoms with Crippen LogP contribution in [0.4, 0.5) is 0 Å². The van der Waals surface area contributed by atoms with Crippen molar-refractivity contribution in [3.63, 3.8) is 0 Å². The maximum atomic E-state index is 11.9. The standard InChI is InChI=1S/C28H29N3O3/c1-19-8-12-21(13-9-19)25-26(22-14-10-20(2)11-15-22)30-28-27(29-25)23(18-32)17-31(28)16-6-4-3-5-7-24(33)34/h8-15,17-18H,3-7,16H2,1-2H3,(H,33,34). The van der Waals surface area contributed by atoms with E-state index in [4.69, 9.17) is 15.1 Å². The molecule has 174 valence electrons. The van der Waals surface area contributed by atoms with E-state index in [1.807, 2.05) is 29.8 Å². The fourth-order valence-corrected chi connectivity index (χ4v) is 4.10. The molecule has 6 heteroatoms. The van der Waals surface area contributed by atoms with Crippen molar-refractivity contribution in [3.05, 3.63) is 71.4 Å². The van der Waals surface area contributed by atoms with Gasteiger partial charge in [0.05, 0.1) is 17.0 Å². The van der Waals surface area contributed by atoms with Gasteiger partial charge in [-0.3, -0.25) is 9.59 Å². The van der Waals surface area contributed by atoms with E-state index in [1.165, 1.54) is 5.56 Å². The number of nitrogens with zero attached hydrogens (tertiary/aromatic N) is 3. The molecule has 0 radical (unpaired) electrons. The Morgan fingerprint density at radius 3 is 1.97 bits per heavy atom. The molecular formula is C28H29N3O3. The summed E-state index contributed by atoms with van der Waals surface area (Å²) in [6.45, 7) is 4.80. The van der Waals surface area contributed by atoms with Crippen LogP contribution in [0.3, 0.4) is 0 Å². The van der Waals surface area contributed by atoms with Crippen molar-refractivity contribution in [2.75, 3.05) is 0 Å². The highest BCUT2D eigenvalue weighted by Gasteiger charge is 2.18. The summed E-state index contributed by atoms with van der Waals surface area (Å²) in [4.78, 5) is 32.6. The second kappa shape index (κ2) is 10.4. The molecule has 0 amide bonds. The molecule has 0 spiro atoms. The van der Waals surface area contributed by atoms with Gasteiger partial charge in [0, 0.05) is 30.3 Å². The highest BCUT2D eigenvalue weighted by Crippen LogP contribution is 2.32. The first-order valence-corrected chi connectivity index (χ1v) is 11.7. The molecule has 2 heterocycles. The Balaban J connectivity index is 1.74. The molecule has 0 aliphatic rings. The minimum absolute atomic E-state index is 0.203. The number of aldehydes is 1. The van der Waals surface area contributed by atoms with Crippen LogP contribution in [-0.2, 0) is 11.3 Å². The zero-order valence-corrected chi connectivity index (χ0v) is 19.6. The second-order valence-corrected chi connectivity index (χ2v) is 8.78. The fraction of sp³-hybridized carbons (Fsp3) is 0.286. The normalized spacial score (nSPS) is 11.1. The van der Waals surface area contributed by atoms with Crippen LogP contribution in [0, 0.1) is 13.8 Å². The molecule has 2 aromatic heterocycles. The van der Waals surface area contributed by atoms with Crippen molar-refractivity contribution in [1.82, 2.24) is 14.5 Å². The molecule has 1 N–H and O–H groups in total. The van der Waals surface area contributed by atoms with Gasteiger partial charge in [0.25, 0.3) is 0 Å². The van der Waals surface area contributed by atoms with Crippen molar-refractivity contribution in [2.45, 2.75) is 52.5 Å². The predicted molar refractivity (Wildman–Crippen MR) is 134 cm³/mol. The maximum absolute atomic E-state index is 11.9. The number of aromatic nitrogens is 3. The third kappa shape index (κ3) is 5.22. The molecule has 0 aliphatic heterocycles. The van der Waals surface area contributed by atoms with Crippen LogP contribution in [0.2, 0.25) is 0 Å². The van der Waals surface area contributed by atoms with Crippen LogP contribution in [0.5, 0.6) is 0 Å². The SMILES string of the molecule is Cc1ccc(-c2nc3c(C=O)cn(CCCCCCC(=O)O)c3nc2-c2ccc(C)cc2)cc1. The molecule has 34 heavy (non-hydrogen) atoms. The number of hydrogen-bond donors (Lipinski definition) is 1. The smallest absolute Gasteiger partial charge is 0.303 e. The molecular weight excluding hydrogens is 426 g/mol. The summed E-state index contributed by atoms with van der Waals surface area (Å²) in [7, 11) is 0. The molecule has 0 saturated heterocycles. The second-order valence-electron chi connectivity index (χ2n) is 8.78. The topological polar surface area (TPSA) is 85.1 Å². The van der Waals surface area contributed by atoms with Gasteiger partial charge >= 0.3 is 5.97 Å². The number of carboxylic acids is 1. The lowest BCUT2D eigenvalue weighted by Gasteiger charge is -2.12. The van der Waals surface area contributed by atoms with Gasteiger partial charge in [-0.05, 0) is 26.7 Å². The number of carbonyl (C=O) groups is 2. The van der Waals surface area contributed by atoms with Gasteiger partial charge in [-0.25, -0.2) is 9.97 Å². The number of benzene rings is 2. The van der Waals surface area contributed by atoms with Crippen molar-refractivity contribution in [3.8, 4) is 22.5 Å². The van der Waals surface area contributed by atoms with Crippen LogP contribution in [0.15, 0.2) is 54.7 Å². The number of carbonyl (C=O) groups excluding carboxylic acids is 1.